The Bertz CT molecular complexity index is 943. The zero-order valence-corrected chi connectivity index (χ0v) is 16.8. The van der Waals surface area contributed by atoms with E-state index in [1.807, 2.05) is 0 Å². The number of rotatable bonds is 6. The first-order valence-corrected chi connectivity index (χ1v) is 10.1. The number of sulfonamides is 1. The van der Waals surface area contributed by atoms with Crippen LogP contribution in [0.5, 0.6) is 0 Å². The number of hydrazone groups is 1. The van der Waals surface area contributed by atoms with Gasteiger partial charge in [-0.3, -0.25) is 10.1 Å². The van der Waals surface area contributed by atoms with E-state index in [2.05, 4.69) is 26.5 Å². The second-order valence-electron chi connectivity index (χ2n) is 5.63. The van der Waals surface area contributed by atoms with Crippen LogP contribution < -0.4 is 10.1 Å². The maximum absolute atomic E-state index is 12.7. The number of nitrogens with one attached hydrogen (secondary N) is 2. The summed E-state index contributed by atoms with van der Waals surface area (Å²) in [5, 5.41) is 4.24. The van der Waals surface area contributed by atoms with E-state index in [1.54, 1.807) is 48.9 Å². The van der Waals surface area contributed by atoms with E-state index >= 15 is 0 Å². The van der Waals surface area contributed by atoms with Crippen molar-refractivity contribution in [1.29, 1.82) is 0 Å². The highest BCUT2D eigenvalue weighted by Crippen LogP contribution is 2.28. The minimum Gasteiger partial charge on any atom is -0.278 e. The average molecular weight is 464 g/mol. The molecule has 0 amide bonds. The molecule has 0 bridgehead atoms. The number of benzene rings is 2. The standard InChI is InChI=1S/C17H17BrF3N3O2S/c1-3-15(23-22-13-7-5-12(18)6-8-13)14-10-11(2)4-9-16(14)24-27(25,26)17(19,20)21/h4-10,22,24H,3H2,1-2H3/b23-15+. The summed E-state index contributed by atoms with van der Waals surface area (Å²) in [6.45, 7) is 3.52. The van der Waals surface area contributed by atoms with Crippen molar-refractivity contribution in [3.8, 4) is 0 Å². The van der Waals surface area contributed by atoms with Gasteiger partial charge in [0.2, 0.25) is 0 Å². The molecule has 0 saturated heterocycles. The lowest BCUT2D eigenvalue weighted by atomic mass is 10.0. The molecule has 2 rings (SSSR count). The predicted molar refractivity (Wildman–Crippen MR) is 104 cm³/mol. The summed E-state index contributed by atoms with van der Waals surface area (Å²) in [6.07, 6.45) is 0.369. The molecule has 10 heteroatoms. The van der Waals surface area contributed by atoms with Crippen molar-refractivity contribution in [2.24, 2.45) is 5.10 Å². The number of nitrogens with zero attached hydrogens (tertiary/aromatic N) is 1. The molecule has 2 aromatic carbocycles. The van der Waals surface area contributed by atoms with Crippen molar-refractivity contribution in [1.82, 2.24) is 0 Å². The Morgan fingerprint density at radius 2 is 1.78 bits per heavy atom. The minimum atomic E-state index is -5.53. The number of aryl methyl sites for hydroxylation is 1. The van der Waals surface area contributed by atoms with Gasteiger partial charge < -0.3 is 0 Å². The molecule has 27 heavy (non-hydrogen) atoms. The number of anilines is 2. The van der Waals surface area contributed by atoms with Crippen LogP contribution in [0.2, 0.25) is 0 Å². The van der Waals surface area contributed by atoms with Gasteiger partial charge in [0, 0.05) is 10.0 Å². The number of hydrogen-bond acceptors (Lipinski definition) is 4. The Hall–Kier alpha value is -2.07. The van der Waals surface area contributed by atoms with E-state index < -0.39 is 15.5 Å². The largest absolute Gasteiger partial charge is 0.516 e. The van der Waals surface area contributed by atoms with Crippen LogP contribution in [0.15, 0.2) is 52.0 Å². The summed E-state index contributed by atoms with van der Waals surface area (Å²) < 4.78 is 63.6. The molecular formula is C17H17BrF3N3O2S. The van der Waals surface area contributed by atoms with Crippen molar-refractivity contribution in [2.75, 3.05) is 10.1 Å². The van der Waals surface area contributed by atoms with Gasteiger partial charge in [-0.05, 0) is 49.7 Å². The van der Waals surface area contributed by atoms with Gasteiger partial charge in [0.15, 0.2) is 0 Å². The van der Waals surface area contributed by atoms with Gasteiger partial charge in [0.25, 0.3) is 0 Å². The monoisotopic (exact) mass is 463 g/mol. The van der Waals surface area contributed by atoms with E-state index in [0.29, 0.717) is 17.8 Å². The van der Waals surface area contributed by atoms with Crippen LogP contribution in [0.25, 0.3) is 0 Å². The third-order valence-corrected chi connectivity index (χ3v) is 5.16. The molecule has 0 aliphatic carbocycles. The highest BCUT2D eigenvalue weighted by atomic mass is 79.9. The van der Waals surface area contributed by atoms with Gasteiger partial charge in [-0.2, -0.15) is 26.7 Å². The minimum absolute atomic E-state index is 0.184. The average Bonchev–Trinajstić information content (AvgIpc) is 2.58. The second-order valence-corrected chi connectivity index (χ2v) is 8.22. The van der Waals surface area contributed by atoms with Crippen molar-refractivity contribution in [3.05, 3.63) is 58.1 Å². The van der Waals surface area contributed by atoms with Crippen LogP contribution >= 0.6 is 15.9 Å². The fourth-order valence-electron chi connectivity index (χ4n) is 2.17. The molecule has 0 saturated carbocycles. The molecule has 0 spiro atoms. The van der Waals surface area contributed by atoms with E-state index in [0.717, 1.165) is 10.0 Å². The maximum Gasteiger partial charge on any atom is 0.516 e. The first-order chi connectivity index (χ1) is 12.5. The van der Waals surface area contributed by atoms with Gasteiger partial charge >= 0.3 is 15.5 Å². The molecule has 0 fully saturated rings. The number of alkyl halides is 3. The summed E-state index contributed by atoms with van der Waals surface area (Å²) in [4.78, 5) is 0. The Morgan fingerprint density at radius 1 is 1.15 bits per heavy atom. The highest BCUT2D eigenvalue weighted by Gasteiger charge is 2.46. The molecule has 0 aliphatic rings. The molecular weight excluding hydrogens is 447 g/mol. The van der Waals surface area contributed by atoms with Crippen LogP contribution in [-0.2, 0) is 10.0 Å². The van der Waals surface area contributed by atoms with Crippen LogP contribution in [0, 0.1) is 6.92 Å². The third kappa shape index (κ3) is 5.46. The Kier molecular flexibility index (Phi) is 6.53. The van der Waals surface area contributed by atoms with Gasteiger partial charge in [-0.25, -0.2) is 0 Å². The fourth-order valence-corrected chi connectivity index (χ4v) is 3.02. The topological polar surface area (TPSA) is 70.6 Å². The molecule has 146 valence electrons. The van der Waals surface area contributed by atoms with E-state index in [4.69, 9.17) is 0 Å². The molecule has 2 N–H and O–H groups in total. The zero-order chi connectivity index (χ0) is 20.2. The van der Waals surface area contributed by atoms with Crippen LogP contribution in [-0.4, -0.2) is 19.6 Å². The molecule has 0 atom stereocenters. The van der Waals surface area contributed by atoms with Gasteiger partial charge in [0.05, 0.1) is 17.1 Å². The van der Waals surface area contributed by atoms with E-state index in [1.165, 1.54) is 12.1 Å². The molecule has 0 aromatic heterocycles. The quantitative estimate of drug-likeness (QED) is 0.454. The first kappa shape index (κ1) is 21.2. The fraction of sp³-hybridized carbons (Fsp3) is 0.235. The second kappa shape index (κ2) is 8.30. The highest BCUT2D eigenvalue weighted by molar-refractivity contribution is 9.10. The summed E-state index contributed by atoms with van der Waals surface area (Å²) in [5.74, 6) is 0. The van der Waals surface area contributed by atoms with Gasteiger partial charge in [-0.15, -0.1) is 0 Å². The summed E-state index contributed by atoms with van der Waals surface area (Å²) >= 11 is 3.32. The van der Waals surface area contributed by atoms with Crippen molar-refractivity contribution in [2.45, 2.75) is 25.8 Å². The summed E-state index contributed by atoms with van der Waals surface area (Å²) in [5.41, 5.74) is -0.657. The maximum atomic E-state index is 12.7. The Balaban J connectivity index is 2.40. The predicted octanol–water partition coefficient (Wildman–Crippen LogP) is 5.25. The normalized spacial score (nSPS) is 12.7. The third-order valence-electron chi connectivity index (χ3n) is 3.53. The smallest absolute Gasteiger partial charge is 0.278 e. The van der Waals surface area contributed by atoms with E-state index in [9.17, 15) is 21.6 Å². The lowest BCUT2D eigenvalue weighted by molar-refractivity contribution is -0.0429. The van der Waals surface area contributed by atoms with Crippen molar-refractivity contribution >= 4 is 43.0 Å². The molecule has 0 radical (unpaired) electrons. The summed E-state index contributed by atoms with van der Waals surface area (Å²) in [6, 6.07) is 11.5. The van der Waals surface area contributed by atoms with E-state index in [-0.39, 0.29) is 11.3 Å². The Morgan fingerprint density at radius 3 is 2.33 bits per heavy atom. The lowest BCUT2D eigenvalue weighted by Crippen LogP contribution is -2.30. The zero-order valence-electron chi connectivity index (χ0n) is 14.4. The van der Waals surface area contributed by atoms with Crippen molar-refractivity contribution in [3.63, 3.8) is 0 Å². The number of hydrogen-bond donors (Lipinski definition) is 2. The Labute approximate surface area is 163 Å². The van der Waals surface area contributed by atoms with Crippen LogP contribution in [0.3, 0.4) is 0 Å². The van der Waals surface area contributed by atoms with Gasteiger partial charge in [-0.1, -0.05) is 34.5 Å². The molecule has 0 heterocycles. The van der Waals surface area contributed by atoms with Crippen LogP contribution in [0.4, 0.5) is 24.5 Å². The molecule has 0 unspecified atom stereocenters. The molecule has 0 aliphatic heterocycles. The summed E-state index contributed by atoms with van der Waals surface area (Å²) in [7, 11) is -5.53. The molecule has 2 aromatic rings. The SMILES string of the molecule is CC/C(=N\Nc1ccc(Br)cc1)c1cc(C)ccc1NS(=O)(=O)C(F)(F)F. The number of halogens is 4. The van der Waals surface area contributed by atoms with Crippen LogP contribution in [0.1, 0.15) is 24.5 Å². The molecule has 5 nitrogen and oxygen atoms in total. The lowest BCUT2D eigenvalue weighted by Gasteiger charge is -2.16. The van der Waals surface area contributed by atoms with Gasteiger partial charge in [0.1, 0.15) is 0 Å². The van der Waals surface area contributed by atoms with Crippen molar-refractivity contribution < 1.29 is 21.6 Å². The first-order valence-electron chi connectivity index (χ1n) is 7.81.